The fraction of sp³-hybridized carbons (Fsp3) is 0. The lowest BCUT2D eigenvalue weighted by Gasteiger charge is -2.22. The molecule has 3 nitrogen and oxygen atoms in total. The third-order valence-corrected chi connectivity index (χ3v) is 8.67. The Hall–Kier alpha value is -5.06. The van der Waals surface area contributed by atoms with E-state index in [2.05, 4.69) is 78.9 Å². The average molecular weight is 542 g/mol. The molecule has 1 aliphatic heterocycles. The van der Waals surface area contributed by atoms with Gasteiger partial charge in [-0.1, -0.05) is 133 Å². The van der Waals surface area contributed by atoms with Crippen LogP contribution in [0.4, 0.5) is 0 Å². The minimum Gasteiger partial charge on any atom is -0.208 e. The van der Waals surface area contributed by atoms with Crippen LogP contribution in [0.25, 0.3) is 67.2 Å². The number of benzene rings is 6. The van der Waals surface area contributed by atoms with E-state index in [1.54, 1.807) is 0 Å². The van der Waals surface area contributed by atoms with Crippen molar-refractivity contribution in [3.63, 3.8) is 0 Å². The molecule has 192 valence electrons. The van der Waals surface area contributed by atoms with Crippen molar-refractivity contribution in [2.24, 2.45) is 0 Å². The van der Waals surface area contributed by atoms with Gasteiger partial charge in [-0.15, -0.1) is 0 Å². The van der Waals surface area contributed by atoms with Crippen LogP contribution in [-0.4, -0.2) is 15.0 Å². The molecule has 0 saturated carbocycles. The summed E-state index contributed by atoms with van der Waals surface area (Å²) in [6, 6.07) is 48.6. The number of aromatic nitrogens is 3. The number of rotatable bonds is 4. The third-order valence-electron chi connectivity index (χ3n) is 7.53. The monoisotopic (exact) mass is 541 g/mol. The minimum atomic E-state index is 0.668. The van der Waals surface area contributed by atoms with Crippen LogP contribution in [0.15, 0.2) is 149 Å². The van der Waals surface area contributed by atoms with Crippen LogP contribution in [0, 0.1) is 0 Å². The predicted octanol–water partition coefficient (Wildman–Crippen LogP) is 9.82. The minimum absolute atomic E-state index is 0.668. The van der Waals surface area contributed by atoms with Gasteiger partial charge in [0, 0.05) is 31.9 Å². The van der Waals surface area contributed by atoms with Crippen LogP contribution >= 0.6 is 11.8 Å². The lowest BCUT2D eigenvalue weighted by Crippen LogP contribution is -2.01. The zero-order chi connectivity index (χ0) is 27.2. The normalized spacial score (nSPS) is 11.8. The van der Waals surface area contributed by atoms with Gasteiger partial charge in [-0.2, -0.15) is 0 Å². The lowest BCUT2D eigenvalue weighted by atomic mass is 9.92. The highest BCUT2D eigenvalue weighted by atomic mass is 32.2. The molecule has 41 heavy (non-hydrogen) atoms. The lowest BCUT2D eigenvalue weighted by molar-refractivity contribution is 1.07. The van der Waals surface area contributed by atoms with Crippen molar-refractivity contribution in [2.45, 2.75) is 9.79 Å². The van der Waals surface area contributed by atoms with Gasteiger partial charge in [-0.3, -0.25) is 0 Å². The molecule has 0 fully saturated rings. The topological polar surface area (TPSA) is 38.7 Å². The fourth-order valence-corrected chi connectivity index (χ4v) is 6.69. The maximum atomic E-state index is 4.97. The molecule has 4 heteroatoms. The third kappa shape index (κ3) is 4.21. The fourth-order valence-electron chi connectivity index (χ4n) is 5.58. The van der Waals surface area contributed by atoms with E-state index in [4.69, 9.17) is 15.0 Å². The van der Waals surface area contributed by atoms with E-state index in [1.807, 2.05) is 72.4 Å². The summed E-state index contributed by atoms with van der Waals surface area (Å²) in [6.45, 7) is 0. The average Bonchev–Trinajstić information content (AvgIpc) is 3.06. The molecule has 0 radical (unpaired) electrons. The summed E-state index contributed by atoms with van der Waals surface area (Å²) in [7, 11) is 0. The van der Waals surface area contributed by atoms with Gasteiger partial charge in [0.05, 0.1) is 0 Å². The molecule has 0 amide bonds. The molecule has 0 atom stereocenters. The summed E-state index contributed by atoms with van der Waals surface area (Å²) in [5.41, 5.74) is 7.84. The van der Waals surface area contributed by atoms with E-state index in [0.29, 0.717) is 17.5 Å². The van der Waals surface area contributed by atoms with Crippen molar-refractivity contribution in [2.75, 3.05) is 0 Å². The van der Waals surface area contributed by atoms with Crippen LogP contribution in [0.3, 0.4) is 0 Å². The molecule has 0 N–H and O–H groups in total. The Kier molecular flexibility index (Phi) is 5.71. The molecule has 0 unspecified atom stereocenters. The summed E-state index contributed by atoms with van der Waals surface area (Å²) < 4.78 is 0. The summed E-state index contributed by atoms with van der Waals surface area (Å²) in [6.07, 6.45) is 0. The summed E-state index contributed by atoms with van der Waals surface area (Å²) in [4.78, 5) is 17.3. The zero-order valence-electron chi connectivity index (χ0n) is 22.0. The predicted molar refractivity (Wildman–Crippen MR) is 169 cm³/mol. The van der Waals surface area contributed by atoms with E-state index in [0.717, 1.165) is 16.7 Å². The smallest absolute Gasteiger partial charge is 0.164 e. The van der Waals surface area contributed by atoms with Crippen LogP contribution in [0.5, 0.6) is 0 Å². The Morgan fingerprint density at radius 1 is 0.366 bits per heavy atom. The van der Waals surface area contributed by atoms with Crippen LogP contribution in [-0.2, 0) is 0 Å². The Morgan fingerprint density at radius 3 is 1.56 bits per heavy atom. The first-order valence-electron chi connectivity index (χ1n) is 13.6. The second-order valence-electron chi connectivity index (χ2n) is 10.1. The molecule has 8 rings (SSSR count). The van der Waals surface area contributed by atoms with Crippen LogP contribution < -0.4 is 0 Å². The van der Waals surface area contributed by atoms with Crippen molar-refractivity contribution < 1.29 is 0 Å². The molecule has 1 aliphatic rings. The van der Waals surface area contributed by atoms with Gasteiger partial charge in [0.2, 0.25) is 0 Å². The Labute approximate surface area is 242 Å². The largest absolute Gasteiger partial charge is 0.208 e. The summed E-state index contributed by atoms with van der Waals surface area (Å²) in [5, 5.41) is 2.57. The van der Waals surface area contributed by atoms with E-state index in [-0.39, 0.29) is 0 Å². The molecule has 0 aliphatic carbocycles. The number of nitrogens with zero attached hydrogens (tertiary/aromatic N) is 3. The van der Waals surface area contributed by atoms with Crippen molar-refractivity contribution in [1.29, 1.82) is 0 Å². The SMILES string of the molecule is c1ccc(-c2nc(-c3ccccc3)nc(-c3ccc4c(c3)-c3cccc5c(-c6ccccc6)ccc(c35)S4)n2)cc1. The van der Waals surface area contributed by atoms with E-state index in [1.165, 1.54) is 42.8 Å². The molecule has 2 heterocycles. The van der Waals surface area contributed by atoms with Gasteiger partial charge >= 0.3 is 0 Å². The van der Waals surface area contributed by atoms with E-state index in [9.17, 15) is 0 Å². The number of fused-ring (bicyclic) bond motifs is 2. The number of hydrogen-bond donors (Lipinski definition) is 0. The molecule has 1 aromatic heterocycles. The standard InChI is InChI=1S/C37H23N3S/c1-4-11-24(12-5-1)28-20-22-33-34-29(28)17-10-18-30(34)31-23-27(19-21-32(31)41-33)37-39-35(25-13-6-2-7-14-25)38-36(40-37)26-15-8-3-9-16-26/h1-23H. The van der Waals surface area contributed by atoms with E-state index >= 15 is 0 Å². The highest BCUT2D eigenvalue weighted by Gasteiger charge is 2.22. The van der Waals surface area contributed by atoms with E-state index < -0.39 is 0 Å². The molecule has 7 aromatic rings. The Morgan fingerprint density at radius 2 is 0.927 bits per heavy atom. The van der Waals surface area contributed by atoms with Gasteiger partial charge in [0.15, 0.2) is 17.5 Å². The Balaban J connectivity index is 1.31. The van der Waals surface area contributed by atoms with Gasteiger partial charge < -0.3 is 0 Å². The summed E-state index contributed by atoms with van der Waals surface area (Å²) in [5.74, 6) is 2.00. The highest BCUT2D eigenvalue weighted by molar-refractivity contribution is 7.99. The highest BCUT2D eigenvalue weighted by Crippen LogP contribution is 2.50. The van der Waals surface area contributed by atoms with Crippen molar-refractivity contribution in [3.05, 3.63) is 140 Å². The molecule has 6 aromatic carbocycles. The maximum Gasteiger partial charge on any atom is 0.164 e. The zero-order valence-corrected chi connectivity index (χ0v) is 22.8. The quantitative estimate of drug-likeness (QED) is 0.222. The number of hydrogen-bond acceptors (Lipinski definition) is 4. The molecule has 0 bridgehead atoms. The van der Waals surface area contributed by atoms with Crippen LogP contribution in [0.1, 0.15) is 0 Å². The first-order valence-corrected chi connectivity index (χ1v) is 14.4. The summed E-state index contributed by atoms with van der Waals surface area (Å²) >= 11 is 1.83. The molecule has 0 saturated heterocycles. The van der Waals surface area contributed by atoms with Crippen molar-refractivity contribution >= 4 is 22.5 Å². The first kappa shape index (κ1) is 23.8. The van der Waals surface area contributed by atoms with Crippen molar-refractivity contribution in [3.8, 4) is 56.4 Å². The molecule has 0 spiro atoms. The van der Waals surface area contributed by atoms with Gasteiger partial charge in [0.25, 0.3) is 0 Å². The van der Waals surface area contributed by atoms with Crippen LogP contribution in [0.2, 0.25) is 0 Å². The van der Waals surface area contributed by atoms with Gasteiger partial charge in [0.1, 0.15) is 0 Å². The molecular formula is C37H23N3S. The van der Waals surface area contributed by atoms with Gasteiger partial charge in [-0.05, 0) is 45.8 Å². The van der Waals surface area contributed by atoms with Gasteiger partial charge in [-0.25, -0.2) is 15.0 Å². The van der Waals surface area contributed by atoms with Crippen molar-refractivity contribution in [1.82, 2.24) is 15.0 Å². The maximum absolute atomic E-state index is 4.97. The first-order chi connectivity index (χ1) is 20.3. The second kappa shape index (κ2) is 9.84. The Bertz CT molecular complexity index is 2000. The second-order valence-corrected chi connectivity index (χ2v) is 11.1. The molecular weight excluding hydrogens is 518 g/mol.